The largest absolute Gasteiger partial charge is 0.495 e. The molecule has 1 saturated heterocycles. The molecule has 2 aromatic rings. The van der Waals surface area contributed by atoms with Crippen LogP contribution < -0.4 is 9.64 Å². The van der Waals surface area contributed by atoms with Crippen LogP contribution in [0.15, 0.2) is 54.3 Å². The minimum absolute atomic E-state index is 0.168. The van der Waals surface area contributed by atoms with E-state index in [0.717, 1.165) is 36.5 Å². The van der Waals surface area contributed by atoms with Crippen molar-refractivity contribution in [1.29, 1.82) is 0 Å². The minimum atomic E-state index is -0.168. The summed E-state index contributed by atoms with van der Waals surface area (Å²) in [5.41, 5.74) is 4.26. The van der Waals surface area contributed by atoms with Crippen molar-refractivity contribution in [3.63, 3.8) is 0 Å². The molecule has 0 radical (unpaired) electrons. The van der Waals surface area contributed by atoms with Gasteiger partial charge in [-0.2, -0.15) is 5.10 Å². The van der Waals surface area contributed by atoms with E-state index >= 15 is 0 Å². The summed E-state index contributed by atoms with van der Waals surface area (Å²) in [6.45, 7) is 9.57. The Morgan fingerprint density at radius 1 is 1.10 bits per heavy atom. The number of benzene rings is 1. The fourth-order valence-electron chi connectivity index (χ4n) is 5.01. The molecule has 29 heavy (non-hydrogen) atoms. The summed E-state index contributed by atoms with van der Waals surface area (Å²) >= 11 is 0. The smallest absolute Gasteiger partial charge is 0.142 e. The van der Waals surface area contributed by atoms with Gasteiger partial charge in [0, 0.05) is 12.7 Å². The van der Waals surface area contributed by atoms with E-state index in [1.165, 1.54) is 11.3 Å². The van der Waals surface area contributed by atoms with Gasteiger partial charge in [-0.05, 0) is 70.2 Å². The van der Waals surface area contributed by atoms with E-state index < -0.39 is 0 Å². The van der Waals surface area contributed by atoms with Gasteiger partial charge in [-0.15, -0.1) is 0 Å². The second-order valence-corrected chi connectivity index (χ2v) is 9.19. The van der Waals surface area contributed by atoms with Gasteiger partial charge in [-0.1, -0.05) is 24.3 Å². The molecule has 5 heteroatoms. The maximum Gasteiger partial charge on any atom is 0.142 e. The third-order valence-corrected chi connectivity index (χ3v) is 5.73. The fourth-order valence-corrected chi connectivity index (χ4v) is 5.01. The van der Waals surface area contributed by atoms with Crippen molar-refractivity contribution in [2.75, 3.05) is 18.6 Å². The lowest BCUT2D eigenvalue weighted by molar-refractivity contribution is -0.167. The number of aromatic amines is 1. The highest BCUT2D eigenvalue weighted by molar-refractivity contribution is 5.85. The summed E-state index contributed by atoms with van der Waals surface area (Å²) < 4.78 is 12.0. The molecule has 154 valence electrons. The molecule has 4 rings (SSSR count). The number of para-hydroxylation sites is 2. The van der Waals surface area contributed by atoms with E-state index in [0.29, 0.717) is 5.92 Å². The quantitative estimate of drug-likeness (QED) is 0.777. The average molecular weight is 394 g/mol. The van der Waals surface area contributed by atoms with Crippen molar-refractivity contribution in [3.05, 3.63) is 59.9 Å². The molecular formula is C24H31N3O2. The number of nitrogens with zero attached hydrogens (tertiary/aromatic N) is 2. The number of hydrogen-bond donors (Lipinski definition) is 1. The van der Waals surface area contributed by atoms with Gasteiger partial charge in [0.25, 0.3) is 0 Å². The Balaban J connectivity index is 1.85. The number of nitrogens with one attached hydrogen (secondary N) is 1. The Hall–Kier alpha value is -2.53. The molecule has 1 N–H and O–H groups in total. The predicted octanol–water partition coefficient (Wildman–Crippen LogP) is 5.19. The Labute approximate surface area is 173 Å². The van der Waals surface area contributed by atoms with Crippen LogP contribution in [0.5, 0.6) is 5.75 Å². The summed E-state index contributed by atoms with van der Waals surface area (Å²) in [7, 11) is 1.72. The maximum absolute atomic E-state index is 6.36. The van der Waals surface area contributed by atoms with Gasteiger partial charge >= 0.3 is 0 Å². The highest BCUT2D eigenvalue weighted by Gasteiger charge is 2.41. The number of hydrogen-bond acceptors (Lipinski definition) is 4. The molecule has 0 aliphatic carbocycles. The van der Waals surface area contributed by atoms with Gasteiger partial charge in [-0.3, -0.25) is 5.10 Å². The number of ether oxygens (including phenoxy) is 2. The van der Waals surface area contributed by atoms with Crippen LogP contribution in [0, 0.1) is 5.92 Å². The van der Waals surface area contributed by atoms with Crippen LogP contribution >= 0.6 is 0 Å². The third kappa shape index (κ3) is 3.97. The minimum Gasteiger partial charge on any atom is -0.495 e. The van der Waals surface area contributed by atoms with Gasteiger partial charge in [0.15, 0.2) is 0 Å². The van der Waals surface area contributed by atoms with E-state index in [4.69, 9.17) is 9.47 Å². The maximum atomic E-state index is 6.36. The van der Waals surface area contributed by atoms with Crippen molar-refractivity contribution in [2.24, 2.45) is 5.92 Å². The van der Waals surface area contributed by atoms with Crippen LogP contribution in [0.4, 0.5) is 5.69 Å². The first-order chi connectivity index (χ1) is 13.8. The molecule has 2 aliphatic heterocycles. The van der Waals surface area contributed by atoms with Gasteiger partial charge in [-0.25, -0.2) is 0 Å². The lowest BCUT2D eigenvalue weighted by Gasteiger charge is -2.47. The average Bonchev–Trinajstić information content (AvgIpc) is 3.19. The Morgan fingerprint density at radius 3 is 2.48 bits per heavy atom. The molecule has 1 aromatic carbocycles. The van der Waals surface area contributed by atoms with Crippen molar-refractivity contribution >= 4 is 11.4 Å². The summed E-state index contributed by atoms with van der Waals surface area (Å²) in [4.78, 5) is 2.33. The van der Waals surface area contributed by atoms with Crippen molar-refractivity contribution in [3.8, 4) is 5.75 Å². The molecule has 3 heterocycles. The van der Waals surface area contributed by atoms with Gasteiger partial charge in [0.05, 0.1) is 35.4 Å². The highest BCUT2D eigenvalue weighted by Crippen LogP contribution is 2.46. The van der Waals surface area contributed by atoms with Crippen LogP contribution in [0.25, 0.3) is 5.70 Å². The lowest BCUT2D eigenvalue weighted by atomic mass is 9.75. The first-order valence-electron chi connectivity index (χ1n) is 10.3. The number of methoxy groups -OCH3 is 1. The fraction of sp³-hybridized carbons (Fsp3) is 0.458. The molecule has 0 spiro atoms. The summed E-state index contributed by atoms with van der Waals surface area (Å²) in [6, 6.07) is 10.2. The van der Waals surface area contributed by atoms with Crippen LogP contribution in [0.2, 0.25) is 0 Å². The first-order valence-corrected chi connectivity index (χ1v) is 10.3. The number of H-pyrrole nitrogens is 1. The number of aromatic nitrogens is 2. The van der Waals surface area contributed by atoms with Crippen LogP contribution in [0.3, 0.4) is 0 Å². The first kappa shape index (κ1) is 19.8. The zero-order chi connectivity index (χ0) is 20.6. The predicted molar refractivity (Wildman–Crippen MR) is 117 cm³/mol. The van der Waals surface area contributed by atoms with Crippen molar-refractivity contribution in [1.82, 2.24) is 10.2 Å². The highest BCUT2D eigenvalue weighted by atomic mass is 16.5. The monoisotopic (exact) mass is 393 g/mol. The van der Waals surface area contributed by atoms with E-state index in [1.807, 2.05) is 24.4 Å². The third-order valence-electron chi connectivity index (χ3n) is 5.73. The topological polar surface area (TPSA) is 50.4 Å². The van der Waals surface area contributed by atoms with Crippen LogP contribution in [-0.2, 0) is 4.74 Å². The molecule has 0 atom stereocenters. The Morgan fingerprint density at radius 2 is 1.83 bits per heavy atom. The lowest BCUT2D eigenvalue weighted by Crippen LogP contribution is -2.46. The Bertz CT molecular complexity index is 909. The van der Waals surface area contributed by atoms with E-state index in [1.54, 1.807) is 7.11 Å². The molecule has 2 aliphatic rings. The normalized spacial score (nSPS) is 21.5. The zero-order valence-corrected chi connectivity index (χ0v) is 18.0. The molecular weight excluding hydrogens is 362 g/mol. The summed E-state index contributed by atoms with van der Waals surface area (Å²) in [5.74, 6) is 1.26. The van der Waals surface area contributed by atoms with E-state index in [9.17, 15) is 0 Å². The molecule has 0 bridgehead atoms. The summed E-state index contributed by atoms with van der Waals surface area (Å²) in [5, 5.41) is 7.44. The summed E-state index contributed by atoms with van der Waals surface area (Å²) in [6.07, 6.45) is 8.32. The molecule has 1 aromatic heterocycles. The number of rotatable bonds is 4. The standard InChI is InChI=1S/C24H31N3O2/c1-23(2)15-17(16-24(3,4)29-23)18-9-8-14-27(22(18)19-12-13-25-26-19)20-10-6-7-11-21(20)28-5/h6-13,17H,14-16H2,1-5H3,(H,25,26). The molecule has 0 saturated carbocycles. The van der Waals surface area contributed by atoms with E-state index in [-0.39, 0.29) is 11.2 Å². The SMILES string of the molecule is COc1ccccc1N1CC=CC(C2CC(C)(C)OC(C)(C)C2)=C1c1ccn[nH]1. The molecule has 0 amide bonds. The molecule has 5 nitrogen and oxygen atoms in total. The number of anilines is 1. The second-order valence-electron chi connectivity index (χ2n) is 9.19. The van der Waals surface area contributed by atoms with Crippen molar-refractivity contribution in [2.45, 2.75) is 51.7 Å². The van der Waals surface area contributed by atoms with Crippen LogP contribution in [-0.4, -0.2) is 35.1 Å². The van der Waals surface area contributed by atoms with Crippen molar-refractivity contribution < 1.29 is 9.47 Å². The zero-order valence-electron chi connectivity index (χ0n) is 18.0. The Kier molecular flexibility index (Phi) is 5.03. The number of allylic oxidation sites excluding steroid dienone is 2. The van der Waals surface area contributed by atoms with Gasteiger partial charge in [0.1, 0.15) is 5.75 Å². The van der Waals surface area contributed by atoms with E-state index in [2.05, 4.69) is 67.1 Å². The van der Waals surface area contributed by atoms with Gasteiger partial charge < -0.3 is 14.4 Å². The van der Waals surface area contributed by atoms with Gasteiger partial charge in [0.2, 0.25) is 0 Å². The molecule has 0 unspecified atom stereocenters. The van der Waals surface area contributed by atoms with Crippen LogP contribution in [0.1, 0.15) is 46.2 Å². The second kappa shape index (κ2) is 7.38. The molecule has 1 fully saturated rings.